The first-order valence-electron chi connectivity index (χ1n) is 6.74. The van der Waals surface area contributed by atoms with Crippen molar-refractivity contribution >= 4 is 23.1 Å². The van der Waals surface area contributed by atoms with Crippen LogP contribution in [0, 0.1) is 5.92 Å². The number of allylic oxidation sites excluding steroid dienone is 1. The van der Waals surface area contributed by atoms with E-state index in [0.717, 1.165) is 22.4 Å². The summed E-state index contributed by atoms with van der Waals surface area (Å²) in [6.45, 7) is 3.95. The maximum Gasteiger partial charge on any atom is 0.328 e. The molecule has 0 bridgehead atoms. The number of aliphatic carboxylic acids is 1. The Labute approximate surface area is 118 Å². The Morgan fingerprint density at radius 2 is 2.05 bits per heavy atom. The van der Waals surface area contributed by atoms with Crippen LogP contribution in [0.25, 0.3) is 5.57 Å². The molecule has 1 aromatic rings. The lowest BCUT2D eigenvalue weighted by molar-refractivity contribution is -0.131. The van der Waals surface area contributed by atoms with Crippen molar-refractivity contribution in [3.63, 3.8) is 0 Å². The van der Waals surface area contributed by atoms with Crippen LogP contribution in [0.5, 0.6) is 0 Å². The van der Waals surface area contributed by atoms with Crippen molar-refractivity contribution in [2.24, 2.45) is 5.92 Å². The summed E-state index contributed by atoms with van der Waals surface area (Å²) >= 11 is 0. The highest BCUT2D eigenvalue weighted by molar-refractivity contribution is 5.96. The fraction of sp³-hybridized carbons (Fsp3) is 0.375. The number of carbonyl (C=O) groups excluding carboxylic acids is 1. The van der Waals surface area contributed by atoms with Crippen molar-refractivity contribution in [2.45, 2.75) is 26.7 Å². The predicted octanol–water partition coefficient (Wildman–Crippen LogP) is 2.72. The van der Waals surface area contributed by atoms with Gasteiger partial charge in [-0.3, -0.25) is 4.79 Å². The molecule has 0 unspecified atom stereocenters. The standard InChI is InChI=1S/C16H19NO3/c1-10(2)13(9-16(19)20)11-4-6-14-12(8-11)5-7-15(18)17(14)3/h4,6,8-10H,5,7H2,1-3H3,(H,19,20)/b13-9+. The summed E-state index contributed by atoms with van der Waals surface area (Å²) < 4.78 is 0. The number of carboxylic acid groups (broad SMARTS) is 1. The molecule has 1 heterocycles. The molecule has 4 nitrogen and oxygen atoms in total. The highest BCUT2D eigenvalue weighted by Gasteiger charge is 2.21. The number of anilines is 1. The molecule has 1 aliphatic heterocycles. The Bertz CT molecular complexity index is 587. The van der Waals surface area contributed by atoms with Crippen LogP contribution in [0.2, 0.25) is 0 Å². The smallest absolute Gasteiger partial charge is 0.328 e. The van der Waals surface area contributed by atoms with Crippen LogP contribution in [0.1, 0.15) is 31.4 Å². The van der Waals surface area contributed by atoms with Gasteiger partial charge >= 0.3 is 5.97 Å². The van der Waals surface area contributed by atoms with Gasteiger partial charge in [-0.1, -0.05) is 19.9 Å². The van der Waals surface area contributed by atoms with Gasteiger partial charge in [0.1, 0.15) is 0 Å². The molecule has 1 N–H and O–H groups in total. The Morgan fingerprint density at radius 1 is 1.35 bits per heavy atom. The third-order valence-electron chi connectivity index (χ3n) is 3.66. The second kappa shape index (κ2) is 5.49. The molecular formula is C16H19NO3. The minimum atomic E-state index is -0.932. The SMILES string of the molecule is CC(C)/C(=C\C(=O)O)c1ccc2c(c1)CCC(=O)N2C. The molecule has 1 amide bonds. The number of aryl methyl sites for hydroxylation is 1. The zero-order valence-electron chi connectivity index (χ0n) is 12.0. The van der Waals surface area contributed by atoms with Crippen molar-refractivity contribution in [3.8, 4) is 0 Å². The van der Waals surface area contributed by atoms with E-state index in [2.05, 4.69) is 0 Å². The van der Waals surface area contributed by atoms with Gasteiger partial charge in [-0.15, -0.1) is 0 Å². The summed E-state index contributed by atoms with van der Waals surface area (Å²) in [5.74, 6) is -0.679. The first-order chi connectivity index (χ1) is 9.40. The lowest BCUT2D eigenvalue weighted by Gasteiger charge is -2.26. The molecule has 4 heteroatoms. The van der Waals surface area contributed by atoms with E-state index in [-0.39, 0.29) is 11.8 Å². The molecule has 1 aliphatic rings. The topological polar surface area (TPSA) is 57.6 Å². The molecule has 0 atom stereocenters. The third kappa shape index (κ3) is 2.74. The average molecular weight is 273 g/mol. The first kappa shape index (κ1) is 14.3. The van der Waals surface area contributed by atoms with Crippen LogP contribution in [0.3, 0.4) is 0 Å². The van der Waals surface area contributed by atoms with Gasteiger partial charge in [0.05, 0.1) is 0 Å². The monoisotopic (exact) mass is 273 g/mol. The van der Waals surface area contributed by atoms with Gasteiger partial charge in [-0.2, -0.15) is 0 Å². The Kier molecular flexibility index (Phi) is 3.93. The summed E-state index contributed by atoms with van der Waals surface area (Å²) in [7, 11) is 1.77. The number of carboxylic acids is 1. The fourth-order valence-electron chi connectivity index (χ4n) is 2.55. The van der Waals surface area contributed by atoms with Gasteiger partial charge in [-0.25, -0.2) is 4.79 Å². The number of hydrogen-bond acceptors (Lipinski definition) is 2. The van der Waals surface area contributed by atoms with Crippen molar-refractivity contribution in [1.29, 1.82) is 0 Å². The van der Waals surface area contributed by atoms with Crippen molar-refractivity contribution in [2.75, 3.05) is 11.9 Å². The first-order valence-corrected chi connectivity index (χ1v) is 6.74. The predicted molar refractivity (Wildman–Crippen MR) is 78.6 cm³/mol. The van der Waals surface area contributed by atoms with E-state index in [0.29, 0.717) is 12.8 Å². The largest absolute Gasteiger partial charge is 0.478 e. The molecule has 1 aromatic carbocycles. The van der Waals surface area contributed by atoms with E-state index in [1.54, 1.807) is 11.9 Å². The zero-order chi connectivity index (χ0) is 14.9. The molecule has 0 saturated carbocycles. The molecule has 0 spiro atoms. The molecule has 2 rings (SSSR count). The number of carbonyl (C=O) groups is 2. The molecule has 106 valence electrons. The van der Waals surface area contributed by atoms with Crippen LogP contribution < -0.4 is 4.90 Å². The lowest BCUT2D eigenvalue weighted by atomic mass is 9.91. The quantitative estimate of drug-likeness (QED) is 0.861. The molecule has 0 aromatic heterocycles. The van der Waals surface area contributed by atoms with Gasteiger partial charge in [-0.05, 0) is 41.2 Å². The van der Waals surface area contributed by atoms with E-state index in [4.69, 9.17) is 5.11 Å². The number of benzene rings is 1. The number of fused-ring (bicyclic) bond motifs is 1. The maximum atomic E-state index is 11.7. The summed E-state index contributed by atoms with van der Waals surface area (Å²) in [5, 5.41) is 8.98. The Morgan fingerprint density at radius 3 is 2.65 bits per heavy atom. The van der Waals surface area contributed by atoms with Gasteiger partial charge in [0.25, 0.3) is 0 Å². The van der Waals surface area contributed by atoms with E-state index in [9.17, 15) is 9.59 Å². The number of hydrogen-bond donors (Lipinski definition) is 1. The molecule has 0 fully saturated rings. The molecule has 20 heavy (non-hydrogen) atoms. The number of nitrogens with zero attached hydrogens (tertiary/aromatic N) is 1. The summed E-state index contributed by atoms with van der Waals surface area (Å²) in [6.07, 6.45) is 2.49. The highest BCUT2D eigenvalue weighted by atomic mass is 16.4. The van der Waals surface area contributed by atoms with Gasteiger partial charge in [0.15, 0.2) is 0 Å². The van der Waals surface area contributed by atoms with Gasteiger partial charge < -0.3 is 10.0 Å². The lowest BCUT2D eigenvalue weighted by Crippen LogP contribution is -2.31. The number of rotatable bonds is 3. The van der Waals surface area contributed by atoms with Crippen LogP contribution in [0.4, 0.5) is 5.69 Å². The number of amides is 1. The van der Waals surface area contributed by atoms with Gasteiger partial charge in [0.2, 0.25) is 5.91 Å². The second-order valence-corrected chi connectivity index (χ2v) is 5.39. The zero-order valence-corrected chi connectivity index (χ0v) is 12.0. The fourth-order valence-corrected chi connectivity index (χ4v) is 2.55. The van der Waals surface area contributed by atoms with Crippen LogP contribution in [-0.2, 0) is 16.0 Å². The van der Waals surface area contributed by atoms with Crippen molar-refractivity contribution < 1.29 is 14.7 Å². The van der Waals surface area contributed by atoms with Gasteiger partial charge in [0, 0.05) is 25.2 Å². The van der Waals surface area contributed by atoms with Crippen LogP contribution in [0.15, 0.2) is 24.3 Å². The maximum absolute atomic E-state index is 11.7. The third-order valence-corrected chi connectivity index (χ3v) is 3.66. The highest BCUT2D eigenvalue weighted by Crippen LogP contribution is 2.31. The summed E-state index contributed by atoms with van der Waals surface area (Å²) in [4.78, 5) is 24.3. The van der Waals surface area contributed by atoms with E-state index < -0.39 is 5.97 Å². The van der Waals surface area contributed by atoms with E-state index in [1.807, 2.05) is 32.0 Å². The molecule has 0 aliphatic carbocycles. The average Bonchev–Trinajstić information content (AvgIpc) is 2.39. The van der Waals surface area contributed by atoms with E-state index in [1.165, 1.54) is 6.08 Å². The van der Waals surface area contributed by atoms with Crippen molar-refractivity contribution in [3.05, 3.63) is 35.4 Å². The second-order valence-electron chi connectivity index (χ2n) is 5.39. The normalized spacial score (nSPS) is 15.5. The summed E-state index contributed by atoms with van der Waals surface area (Å²) in [6, 6.07) is 5.80. The van der Waals surface area contributed by atoms with Crippen LogP contribution >= 0.6 is 0 Å². The van der Waals surface area contributed by atoms with E-state index >= 15 is 0 Å². The Balaban J connectivity index is 2.45. The van der Waals surface area contributed by atoms with Crippen LogP contribution in [-0.4, -0.2) is 24.0 Å². The minimum Gasteiger partial charge on any atom is -0.478 e. The molecular weight excluding hydrogens is 254 g/mol. The Hall–Kier alpha value is -2.10. The van der Waals surface area contributed by atoms with Crippen molar-refractivity contribution in [1.82, 2.24) is 0 Å². The summed E-state index contributed by atoms with van der Waals surface area (Å²) in [5.41, 5.74) is 3.74. The molecule has 0 radical (unpaired) electrons. The molecule has 0 saturated heterocycles. The minimum absolute atomic E-state index is 0.121.